The number of aryl methyl sites for hydroxylation is 1. The molecule has 6 heteroatoms. The highest BCUT2D eigenvalue weighted by Gasteiger charge is 2.16. The SMILES string of the molecule is CC(C)CCNC(=O)CCc1ccc(S(=O)(=O)N(C)C)cc1. The number of carbonyl (C=O) groups excluding carboxylic acids is 1. The summed E-state index contributed by atoms with van der Waals surface area (Å²) in [5.41, 5.74) is 0.955. The number of benzene rings is 1. The first-order valence-corrected chi connectivity index (χ1v) is 8.95. The van der Waals surface area contributed by atoms with Crippen LogP contribution in [0.5, 0.6) is 0 Å². The zero-order chi connectivity index (χ0) is 16.8. The van der Waals surface area contributed by atoms with Crippen LogP contribution in [0.1, 0.15) is 32.3 Å². The second-order valence-electron chi connectivity index (χ2n) is 5.96. The number of hydrogen-bond donors (Lipinski definition) is 1. The summed E-state index contributed by atoms with van der Waals surface area (Å²) in [4.78, 5) is 12.0. The summed E-state index contributed by atoms with van der Waals surface area (Å²) in [6.45, 7) is 4.95. The molecule has 1 amide bonds. The van der Waals surface area contributed by atoms with Crippen molar-refractivity contribution >= 4 is 15.9 Å². The van der Waals surface area contributed by atoms with E-state index < -0.39 is 10.0 Å². The lowest BCUT2D eigenvalue weighted by molar-refractivity contribution is -0.121. The van der Waals surface area contributed by atoms with E-state index in [2.05, 4.69) is 19.2 Å². The minimum absolute atomic E-state index is 0.0330. The standard InChI is InChI=1S/C16H26N2O3S/c1-13(2)11-12-17-16(19)10-7-14-5-8-15(9-6-14)22(20,21)18(3)4/h5-6,8-9,13H,7,10-12H2,1-4H3,(H,17,19). The van der Waals surface area contributed by atoms with E-state index in [4.69, 9.17) is 0 Å². The summed E-state index contributed by atoms with van der Waals surface area (Å²) < 4.78 is 25.1. The Morgan fingerprint density at radius 2 is 1.77 bits per heavy atom. The van der Waals surface area contributed by atoms with Crippen molar-refractivity contribution in [3.05, 3.63) is 29.8 Å². The molecule has 0 unspecified atom stereocenters. The molecule has 0 atom stereocenters. The Balaban J connectivity index is 2.50. The van der Waals surface area contributed by atoms with Gasteiger partial charge in [-0.1, -0.05) is 26.0 Å². The molecule has 1 aromatic carbocycles. The van der Waals surface area contributed by atoms with Gasteiger partial charge in [0.1, 0.15) is 0 Å². The fourth-order valence-corrected chi connectivity index (χ4v) is 2.79. The number of rotatable bonds is 8. The molecule has 0 aliphatic rings. The lowest BCUT2D eigenvalue weighted by Gasteiger charge is -2.11. The molecule has 0 aliphatic heterocycles. The monoisotopic (exact) mass is 326 g/mol. The molecule has 1 aromatic rings. The van der Waals surface area contributed by atoms with Crippen LogP contribution in [0.25, 0.3) is 0 Å². The van der Waals surface area contributed by atoms with Crippen molar-refractivity contribution in [3.63, 3.8) is 0 Å². The average molecular weight is 326 g/mol. The van der Waals surface area contributed by atoms with Gasteiger partial charge in [0.25, 0.3) is 0 Å². The third kappa shape index (κ3) is 5.77. The fraction of sp³-hybridized carbons (Fsp3) is 0.562. The summed E-state index contributed by atoms with van der Waals surface area (Å²) in [7, 11) is -0.382. The number of amides is 1. The molecule has 0 saturated carbocycles. The highest BCUT2D eigenvalue weighted by molar-refractivity contribution is 7.89. The third-order valence-corrected chi connectivity index (χ3v) is 5.22. The highest BCUT2D eigenvalue weighted by atomic mass is 32.2. The summed E-state index contributed by atoms with van der Waals surface area (Å²) in [6, 6.07) is 6.69. The van der Waals surface area contributed by atoms with Gasteiger partial charge in [0.05, 0.1) is 4.90 Å². The van der Waals surface area contributed by atoms with E-state index in [9.17, 15) is 13.2 Å². The van der Waals surface area contributed by atoms with Crippen molar-refractivity contribution in [3.8, 4) is 0 Å². The molecule has 0 saturated heterocycles. The van der Waals surface area contributed by atoms with Crippen LogP contribution in [0.3, 0.4) is 0 Å². The zero-order valence-electron chi connectivity index (χ0n) is 13.8. The van der Waals surface area contributed by atoms with Gasteiger partial charge in [0.15, 0.2) is 0 Å². The average Bonchev–Trinajstić information content (AvgIpc) is 2.45. The zero-order valence-corrected chi connectivity index (χ0v) is 14.6. The molecule has 1 N–H and O–H groups in total. The van der Waals surface area contributed by atoms with Crippen molar-refractivity contribution in [2.75, 3.05) is 20.6 Å². The predicted molar refractivity (Wildman–Crippen MR) is 88.1 cm³/mol. The molecule has 0 heterocycles. The molecule has 124 valence electrons. The fourth-order valence-electron chi connectivity index (χ4n) is 1.89. The predicted octanol–water partition coefficient (Wildman–Crippen LogP) is 2.03. The van der Waals surface area contributed by atoms with E-state index in [0.29, 0.717) is 25.3 Å². The number of hydrogen-bond acceptors (Lipinski definition) is 3. The van der Waals surface area contributed by atoms with Crippen LogP contribution in [-0.4, -0.2) is 39.3 Å². The van der Waals surface area contributed by atoms with E-state index in [1.165, 1.54) is 18.4 Å². The number of carbonyl (C=O) groups is 1. The van der Waals surface area contributed by atoms with E-state index >= 15 is 0 Å². The van der Waals surface area contributed by atoms with Gasteiger partial charge < -0.3 is 5.32 Å². The summed E-state index contributed by atoms with van der Waals surface area (Å²) >= 11 is 0. The Labute approximate surface area is 133 Å². The maximum Gasteiger partial charge on any atom is 0.242 e. The van der Waals surface area contributed by atoms with Crippen LogP contribution in [0.15, 0.2) is 29.2 Å². The lowest BCUT2D eigenvalue weighted by Crippen LogP contribution is -2.25. The molecule has 0 aromatic heterocycles. The van der Waals surface area contributed by atoms with Crippen LogP contribution >= 0.6 is 0 Å². The Bertz CT molecular complexity index is 578. The Kier molecular flexibility index (Phi) is 7.03. The second-order valence-corrected chi connectivity index (χ2v) is 8.12. The molecule has 1 rings (SSSR count). The molecule has 0 aliphatic carbocycles. The van der Waals surface area contributed by atoms with Crippen LogP contribution in [0.4, 0.5) is 0 Å². The van der Waals surface area contributed by atoms with Crippen LogP contribution in [0, 0.1) is 5.92 Å². The highest BCUT2D eigenvalue weighted by Crippen LogP contribution is 2.14. The van der Waals surface area contributed by atoms with Crippen molar-refractivity contribution in [1.82, 2.24) is 9.62 Å². The van der Waals surface area contributed by atoms with Gasteiger partial charge in [-0.05, 0) is 36.5 Å². The lowest BCUT2D eigenvalue weighted by atomic mass is 10.1. The van der Waals surface area contributed by atoms with Crippen LogP contribution in [0.2, 0.25) is 0 Å². The molecular weight excluding hydrogens is 300 g/mol. The molecule has 22 heavy (non-hydrogen) atoms. The number of sulfonamides is 1. The Morgan fingerprint density at radius 3 is 2.27 bits per heavy atom. The number of nitrogens with zero attached hydrogens (tertiary/aromatic N) is 1. The van der Waals surface area contributed by atoms with Gasteiger partial charge in [0, 0.05) is 27.1 Å². The van der Waals surface area contributed by atoms with E-state index in [1.54, 1.807) is 24.3 Å². The maximum atomic E-state index is 11.9. The first kappa shape index (κ1) is 18.6. The molecule has 5 nitrogen and oxygen atoms in total. The first-order valence-electron chi connectivity index (χ1n) is 7.51. The van der Waals surface area contributed by atoms with Gasteiger partial charge in [0.2, 0.25) is 15.9 Å². The summed E-state index contributed by atoms with van der Waals surface area (Å²) in [5, 5.41) is 2.89. The summed E-state index contributed by atoms with van der Waals surface area (Å²) in [6.07, 6.45) is 2.00. The van der Waals surface area contributed by atoms with Gasteiger partial charge >= 0.3 is 0 Å². The molecule has 0 bridgehead atoms. The van der Waals surface area contributed by atoms with Crippen molar-refractivity contribution < 1.29 is 13.2 Å². The maximum absolute atomic E-state index is 11.9. The van der Waals surface area contributed by atoms with Gasteiger partial charge in [-0.3, -0.25) is 4.79 Å². The first-order chi connectivity index (χ1) is 10.2. The second kappa shape index (κ2) is 8.29. The van der Waals surface area contributed by atoms with Gasteiger partial charge in [-0.15, -0.1) is 0 Å². The molecule has 0 fully saturated rings. The van der Waals surface area contributed by atoms with Crippen LogP contribution in [-0.2, 0) is 21.2 Å². The molecular formula is C16H26N2O3S. The summed E-state index contributed by atoms with van der Waals surface area (Å²) in [5.74, 6) is 0.608. The normalized spacial score (nSPS) is 11.9. The van der Waals surface area contributed by atoms with Gasteiger partial charge in [-0.2, -0.15) is 0 Å². The minimum atomic E-state index is -3.39. The smallest absolute Gasteiger partial charge is 0.242 e. The Hall–Kier alpha value is -1.40. The van der Waals surface area contributed by atoms with E-state index in [1.807, 2.05) is 0 Å². The topological polar surface area (TPSA) is 66.5 Å². The van der Waals surface area contributed by atoms with Crippen LogP contribution < -0.4 is 5.32 Å². The number of nitrogens with one attached hydrogen (secondary N) is 1. The quantitative estimate of drug-likeness (QED) is 0.795. The van der Waals surface area contributed by atoms with Crippen molar-refractivity contribution in [2.45, 2.75) is 38.0 Å². The largest absolute Gasteiger partial charge is 0.356 e. The minimum Gasteiger partial charge on any atom is -0.356 e. The molecule has 0 radical (unpaired) electrons. The molecule has 0 spiro atoms. The van der Waals surface area contributed by atoms with E-state index in [0.717, 1.165) is 12.0 Å². The van der Waals surface area contributed by atoms with Crippen molar-refractivity contribution in [2.24, 2.45) is 5.92 Å². The van der Waals surface area contributed by atoms with Gasteiger partial charge in [-0.25, -0.2) is 12.7 Å². The van der Waals surface area contributed by atoms with Crippen molar-refractivity contribution in [1.29, 1.82) is 0 Å². The third-order valence-electron chi connectivity index (χ3n) is 3.39. The van der Waals surface area contributed by atoms with E-state index in [-0.39, 0.29) is 10.8 Å². The Morgan fingerprint density at radius 1 is 1.18 bits per heavy atom.